The summed E-state index contributed by atoms with van der Waals surface area (Å²) in [6.07, 6.45) is 5.93. The van der Waals surface area contributed by atoms with Gasteiger partial charge in [0.25, 0.3) is 0 Å². The average molecular weight is 190 g/mol. The smallest absolute Gasteiger partial charge is 0.288 e. The normalized spacial score (nSPS) is 12.2. The quantitative estimate of drug-likeness (QED) is 0.448. The van der Waals surface area contributed by atoms with Crippen molar-refractivity contribution in [1.29, 1.82) is 0 Å². The second kappa shape index (κ2) is 6.56. The highest BCUT2D eigenvalue weighted by Crippen LogP contribution is 2.22. The number of hydrogen-bond acceptors (Lipinski definition) is 2. The zero-order valence-corrected chi connectivity index (χ0v) is 9.19. The van der Waals surface area contributed by atoms with Crippen molar-refractivity contribution in [1.82, 2.24) is 0 Å². The van der Waals surface area contributed by atoms with Crippen LogP contribution in [0.1, 0.15) is 52.9 Å². The van der Waals surface area contributed by atoms with E-state index in [-0.39, 0.29) is 14.3 Å². The summed E-state index contributed by atoms with van der Waals surface area (Å²) in [5.74, 6) is 0. The van der Waals surface area contributed by atoms with E-state index in [9.17, 15) is 4.57 Å². The second-order valence-electron chi connectivity index (χ2n) is 3.74. The lowest BCUT2D eigenvalue weighted by atomic mass is 10.0. The van der Waals surface area contributed by atoms with E-state index in [2.05, 4.69) is 6.92 Å². The molecule has 0 N–H and O–H groups in total. The van der Waals surface area contributed by atoms with E-state index in [1.54, 1.807) is 0 Å². The molecule has 0 radical (unpaired) electrons. The van der Waals surface area contributed by atoms with Crippen molar-refractivity contribution in [2.75, 3.05) is 0 Å². The molecule has 0 spiro atoms. The minimum Gasteiger partial charge on any atom is -0.288 e. The molecule has 0 aliphatic heterocycles. The number of rotatable bonds is 7. The van der Waals surface area contributed by atoms with Gasteiger partial charge in [0.2, 0.25) is 0 Å². The molecule has 0 aromatic heterocycles. The Hall–Kier alpha value is 0.0600. The second-order valence-corrected chi connectivity index (χ2v) is 4.07. The molecule has 0 aromatic rings. The summed E-state index contributed by atoms with van der Waals surface area (Å²) in [6.45, 7) is 6.14. The Kier molecular flexibility index (Phi) is 6.60. The summed E-state index contributed by atoms with van der Waals surface area (Å²) >= 11 is 0. The highest BCUT2D eigenvalue weighted by molar-refractivity contribution is 7.17. The van der Waals surface area contributed by atoms with Crippen LogP contribution in [0.15, 0.2) is 0 Å². The first kappa shape index (κ1) is 12.1. The van der Waals surface area contributed by atoms with Gasteiger partial charge < -0.3 is 0 Å². The number of hydrogen-bond donors (Lipinski definition) is 0. The van der Waals surface area contributed by atoms with Gasteiger partial charge in [-0.2, -0.15) is 0 Å². The lowest BCUT2D eigenvalue weighted by Gasteiger charge is -2.20. The Morgan fingerprint density at radius 2 is 1.92 bits per heavy atom. The lowest BCUT2D eigenvalue weighted by Crippen LogP contribution is -2.19. The van der Waals surface area contributed by atoms with Gasteiger partial charge in [-0.15, -0.1) is 0 Å². The fraction of sp³-hybridized carbons (Fsp3) is 1.00. The molecule has 0 saturated heterocycles. The van der Waals surface area contributed by atoms with E-state index < -0.39 is 0 Å². The van der Waals surface area contributed by atoms with Crippen molar-refractivity contribution in [3.05, 3.63) is 0 Å². The first-order valence-corrected chi connectivity index (χ1v) is 5.36. The minimum atomic E-state index is -0.225. The Morgan fingerprint density at radius 1 is 1.25 bits per heavy atom. The molecule has 3 heteroatoms. The summed E-state index contributed by atoms with van der Waals surface area (Å²) in [4.78, 5) is 0. The molecule has 0 amide bonds. The van der Waals surface area contributed by atoms with Gasteiger partial charge in [-0.25, -0.2) is 4.57 Å². The van der Waals surface area contributed by atoms with Crippen molar-refractivity contribution >= 4 is 8.69 Å². The highest BCUT2D eigenvalue weighted by Gasteiger charge is 2.17. The maximum atomic E-state index is 10.2. The molecular formula is C9H19O2P. The first-order valence-electron chi connectivity index (χ1n) is 4.63. The Morgan fingerprint density at radius 3 is 2.42 bits per heavy atom. The van der Waals surface area contributed by atoms with Crippen LogP contribution >= 0.6 is 8.69 Å². The summed E-state index contributed by atoms with van der Waals surface area (Å²) in [5.41, 5.74) is -0.225. The Bertz CT molecular complexity index is 124. The summed E-state index contributed by atoms with van der Waals surface area (Å²) in [6, 6.07) is 0. The highest BCUT2D eigenvalue weighted by atomic mass is 31.1. The third-order valence-electron chi connectivity index (χ3n) is 1.92. The van der Waals surface area contributed by atoms with Crippen LogP contribution in [0.5, 0.6) is 0 Å². The van der Waals surface area contributed by atoms with Crippen LogP contribution in [0.2, 0.25) is 0 Å². The van der Waals surface area contributed by atoms with Gasteiger partial charge in [0.1, 0.15) is 0 Å². The SMILES string of the molecule is CCCCCCC(C)(C)OP=O. The molecule has 0 aromatic carbocycles. The molecule has 0 unspecified atom stereocenters. The molecule has 0 atom stereocenters. The third kappa shape index (κ3) is 6.75. The van der Waals surface area contributed by atoms with E-state index >= 15 is 0 Å². The third-order valence-corrected chi connectivity index (χ3v) is 2.49. The molecule has 0 rings (SSSR count). The van der Waals surface area contributed by atoms with Crippen molar-refractivity contribution in [3.8, 4) is 0 Å². The van der Waals surface area contributed by atoms with Gasteiger partial charge in [0.05, 0.1) is 5.60 Å². The fourth-order valence-corrected chi connectivity index (χ4v) is 1.42. The molecule has 72 valence electrons. The fourth-order valence-electron chi connectivity index (χ4n) is 1.12. The summed E-state index contributed by atoms with van der Waals surface area (Å²) in [5, 5.41) is 0. The van der Waals surface area contributed by atoms with Gasteiger partial charge in [0.15, 0.2) is 0 Å². The zero-order valence-electron chi connectivity index (χ0n) is 8.30. The Balaban J connectivity index is 3.39. The lowest BCUT2D eigenvalue weighted by molar-refractivity contribution is 0.113. The first-order chi connectivity index (χ1) is 5.62. The zero-order chi connectivity index (χ0) is 9.45. The van der Waals surface area contributed by atoms with Crippen LogP contribution in [0.25, 0.3) is 0 Å². The van der Waals surface area contributed by atoms with Crippen LogP contribution in [0.4, 0.5) is 0 Å². The van der Waals surface area contributed by atoms with Crippen molar-refractivity contribution in [3.63, 3.8) is 0 Å². The molecule has 2 nitrogen and oxygen atoms in total. The van der Waals surface area contributed by atoms with Crippen LogP contribution in [0.3, 0.4) is 0 Å². The number of unbranched alkanes of at least 4 members (excludes halogenated alkanes) is 3. The van der Waals surface area contributed by atoms with Crippen LogP contribution in [-0.4, -0.2) is 5.60 Å². The summed E-state index contributed by atoms with van der Waals surface area (Å²) in [7, 11) is -0.203. The molecular weight excluding hydrogens is 171 g/mol. The monoisotopic (exact) mass is 190 g/mol. The Labute approximate surface area is 77.0 Å². The van der Waals surface area contributed by atoms with Crippen molar-refractivity contribution in [2.45, 2.75) is 58.5 Å². The maximum absolute atomic E-state index is 10.2. The average Bonchev–Trinajstić information content (AvgIpc) is 1.98. The van der Waals surface area contributed by atoms with E-state index in [1.165, 1.54) is 19.3 Å². The molecule has 0 saturated carbocycles. The molecule has 0 aliphatic carbocycles. The molecule has 0 bridgehead atoms. The largest absolute Gasteiger partial charge is 0.327 e. The summed E-state index contributed by atoms with van der Waals surface area (Å²) < 4.78 is 15.2. The predicted octanol–water partition coefficient (Wildman–Crippen LogP) is 3.96. The van der Waals surface area contributed by atoms with Crippen LogP contribution in [-0.2, 0) is 9.09 Å². The van der Waals surface area contributed by atoms with Gasteiger partial charge >= 0.3 is 8.69 Å². The van der Waals surface area contributed by atoms with Gasteiger partial charge in [-0.05, 0) is 20.3 Å². The van der Waals surface area contributed by atoms with E-state index in [0.29, 0.717) is 0 Å². The molecule has 0 aliphatic rings. The van der Waals surface area contributed by atoms with Gasteiger partial charge in [-0.1, -0.05) is 32.6 Å². The topological polar surface area (TPSA) is 26.3 Å². The standard InChI is InChI=1S/C9H19O2P/c1-4-5-6-7-8-9(2,3)11-12-10/h4-8H2,1-3H3. The van der Waals surface area contributed by atoms with Crippen molar-refractivity contribution in [2.24, 2.45) is 0 Å². The molecule has 12 heavy (non-hydrogen) atoms. The maximum Gasteiger partial charge on any atom is 0.327 e. The minimum absolute atomic E-state index is 0.203. The van der Waals surface area contributed by atoms with E-state index in [1.807, 2.05) is 13.8 Å². The van der Waals surface area contributed by atoms with Gasteiger partial charge in [-0.3, -0.25) is 4.52 Å². The van der Waals surface area contributed by atoms with Crippen LogP contribution in [0, 0.1) is 0 Å². The van der Waals surface area contributed by atoms with Crippen molar-refractivity contribution < 1.29 is 9.09 Å². The van der Waals surface area contributed by atoms with Crippen LogP contribution < -0.4 is 0 Å². The molecule has 0 heterocycles. The molecule has 0 fully saturated rings. The van der Waals surface area contributed by atoms with Gasteiger partial charge in [0, 0.05) is 0 Å². The predicted molar refractivity (Wildman–Crippen MR) is 51.5 cm³/mol. The van der Waals surface area contributed by atoms with E-state index in [4.69, 9.17) is 4.52 Å². The van der Waals surface area contributed by atoms with E-state index in [0.717, 1.165) is 12.8 Å².